The molecule has 1 aliphatic rings. The van der Waals surface area contributed by atoms with Gasteiger partial charge in [-0.1, -0.05) is 13.8 Å². The Hall–Kier alpha value is -1.22. The lowest BCUT2D eigenvalue weighted by molar-refractivity contribution is -0.700. The second-order valence-corrected chi connectivity index (χ2v) is 5.65. The van der Waals surface area contributed by atoms with Crippen molar-refractivity contribution in [1.29, 1.82) is 0 Å². The monoisotopic (exact) mass is 264 g/mol. The highest BCUT2D eigenvalue weighted by Crippen LogP contribution is 2.35. The zero-order valence-corrected chi connectivity index (χ0v) is 12.5. The van der Waals surface area contributed by atoms with E-state index in [0.29, 0.717) is 18.6 Å². The van der Waals surface area contributed by atoms with Crippen molar-refractivity contribution in [2.24, 2.45) is 5.92 Å². The average Bonchev–Trinajstić information content (AvgIpc) is 2.38. The van der Waals surface area contributed by atoms with Gasteiger partial charge in [-0.2, -0.15) is 0 Å². The van der Waals surface area contributed by atoms with Crippen LogP contribution < -0.4 is 14.8 Å². The molecule has 19 heavy (non-hydrogen) atoms. The highest BCUT2D eigenvalue weighted by Gasteiger charge is 2.26. The molecule has 2 rings (SSSR count). The fourth-order valence-electron chi connectivity index (χ4n) is 2.91. The van der Waals surface area contributed by atoms with Crippen LogP contribution in [0.4, 0.5) is 0 Å². The third kappa shape index (κ3) is 3.21. The predicted molar refractivity (Wildman–Crippen MR) is 76.9 cm³/mol. The highest BCUT2D eigenvalue weighted by atomic mass is 16.5. The Labute approximate surface area is 116 Å². The molecule has 0 aromatic heterocycles. The maximum absolute atomic E-state index is 5.71. The molecule has 0 saturated carbocycles. The molecule has 0 amide bonds. The van der Waals surface area contributed by atoms with Crippen molar-refractivity contribution in [3.8, 4) is 11.5 Å². The summed E-state index contributed by atoms with van der Waals surface area (Å²) in [6.07, 6.45) is 2.33. The minimum absolute atomic E-state index is 0.564. The minimum Gasteiger partial charge on any atom is -0.493 e. The molecule has 2 N–H and O–H groups in total. The van der Waals surface area contributed by atoms with Crippen molar-refractivity contribution in [2.45, 2.75) is 39.7 Å². The largest absolute Gasteiger partial charge is 0.493 e. The summed E-state index contributed by atoms with van der Waals surface area (Å²) in [6, 6.07) is 4.93. The van der Waals surface area contributed by atoms with E-state index in [2.05, 4.69) is 31.3 Å². The Morgan fingerprint density at radius 3 is 2.74 bits per heavy atom. The minimum atomic E-state index is 0.564. The maximum atomic E-state index is 5.71. The summed E-state index contributed by atoms with van der Waals surface area (Å²) in [5, 5.41) is 2.46. The van der Waals surface area contributed by atoms with Gasteiger partial charge in [0.1, 0.15) is 6.04 Å². The van der Waals surface area contributed by atoms with E-state index in [1.807, 2.05) is 6.92 Å². The van der Waals surface area contributed by atoms with Gasteiger partial charge in [0.25, 0.3) is 0 Å². The van der Waals surface area contributed by atoms with E-state index in [0.717, 1.165) is 17.9 Å². The van der Waals surface area contributed by atoms with Crippen molar-refractivity contribution < 1.29 is 14.8 Å². The maximum Gasteiger partial charge on any atom is 0.161 e. The lowest BCUT2D eigenvalue weighted by Crippen LogP contribution is -2.87. The summed E-state index contributed by atoms with van der Waals surface area (Å²) < 4.78 is 11.2. The number of nitrogens with two attached hydrogens (primary N) is 1. The number of fused-ring (bicyclic) bond motifs is 1. The van der Waals surface area contributed by atoms with E-state index in [-0.39, 0.29) is 0 Å². The van der Waals surface area contributed by atoms with Crippen LogP contribution >= 0.6 is 0 Å². The van der Waals surface area contributed by atoms with Gasteiger partial charge in [-0.3, -0.25) is 0 Å². The SMILES string of the molecule is CCOc1cc2c(cc1OC)CC[NH2+][C@H]2CC(C)C. The molecular weight excluding hydrogens is 238 g/mol. The first-order valence-corrected chi connectivity index (χ1v) is 7.32. The molecule has 0 fully saturated rings. The molecule has 1 heterocycles. The number of rotatable bonds is 5. The van der Waals surface area contributed by atoms with Gasteiger partial charge in [0.15, 0.2) is 11.5 Å². The summed E-state index contributed by atoms with van der Waals surface area (Å²) in [4.78, 5) is 0. The van der Waals surface area contributed by atoms with Crippen LogP contribution in [-0.2, 0) is 6.42 Å². The zero-order valence-electron chi connectivity index (χ0n) is 12.5. The third-order valence-electron chi connectivity index (χ3n) is 3.71. The molecule has 0 spiro atoms. The van der Waals surface area contributed by atoms with Gasteiger partial charge >= 0.3 is 0 Å². The normalized spacial score (nSPS) is 18.3. The summed E-state index contributed by atoms with van der Waals surface area (Å²) in [5.74, 6) is 2.46. The molecule has 1 aliphatic heterocycles. The number of hydrogen-bond acceptors (Lipinski definition) is 2. The second kappa shape index (κ2) is 6.29. The summed E-state index contributed by atoms with van der Waals surface area (Å²) in [6.45, 7) is 8.43. The second-order valence-electron chi connectivity index (χ2n) is 5.65. The molecule has 0 unspecified atom stereocenters. The van der Waals surface area contributed by atoms with Crippen molar-refractivity contribution >= 4 is 0 Å². The lowest BCUT2D eigenvalue weighted by Gasteiger charge is -2.26. The zero-order chi connectivity index (χ0) is 13.8. The van der Waals surface area contributed by atoms with Crippen LogP contribution in [0.3, 0.4) is 0 Å². The standard InChI is InChI=1S/C16H25NO2/c1-5-19-16-10-13-12(9-15(16)18-4)6-7-17-14(13)8-11(2)3/h9-11,14,17H,5-8H2,1-4H3/p+1/t14-/m0/s1. The van der Waals surface area contributed by atoms with E-state index in [9.17, 15) is 0 Å². The van der Waals surface area contributed by atoms with Gasteiger partial charge in [0, 0.05) is 18.4 Å². The van der Waals surface area contributed by atoms with Crippen molar-refractivity contribution in [2.75, 3.05) is 20.3 Å². The van der Waals surface area contributed by atoms with Gasteiger partial charge < -0.3 is 14.8 Å². The average molecular weight is 264 g/mol. The Bertz CT molecular complexity index is 429. The van der Waals surface area contributed by atoms with Gasteiger partial charge in [0.2, 0.25) is 0 Å². The number of hydrogen-bond donors (Lipinski definition) is 1. The fourth-order valence-corrected chi connectivity index (χ4v) is 2.91. The molecule has 1 aromatic carbocycles. The molecular formula is C16H26NO2+. The Morgan fingerprint density at radius 2 is 2.11 bits per heavy atom. The number of methoxy groups -OCH3 is 1. The van der Waals surface area contributed by atoms with Crippen LogP contribution in [0.2, 0.25) is 0 Å². The number of benzene rings is 1. The van der Waals surface area contributed by atoms with Crippen LogP contribution in [0.1, 0.15) is 44.4 Å². The molecule has 106 valence electrons. The van der Waals surface area contributed by atoms with Crippen LogP contribution in [0.25, 0.3) is 0 Å². The fraction of sp³-hybridized carbons (Fsp3) is 0.625. The van der Waals surface area contributed by atoms with Crippen molar-refractivity contribution in [1.82, 2.24) is 0 Å². The van der Waals surface area contributed by atoms with E-state index in [4.69, 9.17) is 9.47 Å². The van der Waals surface area contributed by atoms with Gasteiger partial charge in [-0.15, -0.1) is 0 Å². The molecule has 3 nitrogen and oxygen atoms in total. The van der Waals surface area contributed by atoms with E-state index < -0.39 is 0 Å². The molecule has 0 aliphatic carbocycles. The predicted octanol–water partition coefficient (Wildman–Crippen LogP) is 2.30. The van der Waals surface area contributed by atoms with E-state index in [1.54, 1.807) is 7.11 Å². The lowest BCUT2D eigenvalue weighted by atomic mass is 9.89. The molecule has 0 radical (unpaired) electrons. The van der Waals surface area contributed by atoms with Gasteiger partial charge in [-0.05, 0) is 30.5 Å². The van der Waals surface area contributed by atoms with Crippen molar-refractivity contribution in [3.05, 3.63) is 23.3 Å². The first-order chi connectivity index (χ1) is 9.15. The van der Waals surface area contributed by atoms with Gasteiger partial charge in [0.05, 0.1) is 20.3 Å². The van der Waals surface area contributed by atoms with Crippen LogP contribution in [0.5, 0.6) is 11.5 Å². The smallest absolute Gasteiger partial charge is 0.161 e. The van der Waals surface area contributed by atoms with Crippen LogP contribution in [0, 0.1) is 5.92 Å². The molecule has 0 bridgehead atoms. The number of ether oxygens (including phenoxy) is 2. The van der Waals surface area contributed by atoms with Crippen molar-refractivity contribution in [3.63, 3.8) is 0 Å². The topological polar surface area (TPSA) is 35.1 Å². The highest BCUT2D eigenvalue weighted by molar-refractivity contribution is 5.48. The summed E-state index contributed by atoms with van der Waals surface area (Å²) in [7, 11) is 1.71. The van der Waals surface area contributed by atoms with Crippen LogP contribution in [-0.4, -0.2) is 20.3 Å². The molecule has 1 aromatic rings. The van der Waals surface area contributed by atoms with Crippen LogP contribution in [0.15, 0.2) is 12.1 Å². The first kappa shape index (κ1) is 14.2. The van der Waals surface area contributed by atoms with Gasteiger partial charge in [-0.25, -0.2) is 0 Å². The van der Waals surface area contributed by atoms with E-state index in [1.165, 1.54) is 24.1 Å². The quantitative estimate of drug-likeness (QED) is 0.885. The Morgan fingerprint density at radius 1 is 1.32 bits per heavy atom. The third-order valence-corrected chi connectivity index (χ3v) is 3.71. The molecule has 3 heteroatoms. The Kier molecular flexibility index (Phi) is 4.70. The molecule has 0 saturated heterocycles. The summed E-state index contributed by atoms with van der Waals surface area (Å²) in [5.41, 5.74) is 2.86. The Balaban J connectivity index is 2.35. The molecule has 1 atom stereocenters. The summed E-state index contributed by atoms with van der Waals surface area (Å²) >= 11 is 0. The van der Waals surface area contributed by atoms with E-state index >= 15 is 0 Å². The first-order valence-electron chi connectivity index (χ1n) is 7.32. The number of quaternary nitrogens is 1.